The van der Waals surface area contributed by atoms with Gasteiger partial charge in [-0.05, 0) is 23.6 Å². The lowest BCUT2D eigenvalue weighted by molar-refractivity contribution is -0.128. The highest BCUT2D eigenvalue weighted by Gasteiger charge is 2.34. The van der Waals surface area contributed by atoms with E-state index in [0.29, 0.717) is 29.2 Å². The first-order valence-electron chi connectivity index (χ1n) is 8.56. The third-order valence-electron chi connectivity index (χ3n) is 4.15. The highest BCUT2D eigenvalue weighted by atomic mass is 35.5. The van der Waals surface area contributed by atoms with E-state index in [9.17, 15) is 9.59 Å². The van der Waals surface area contributed by atoms with Crippen molar-refractivity contribution in [1.29, 1.82) is 0 Å². The number of nitrogens with one attached hydrogen (secondary N) is 1. The molecule has 2 heterocycles. The van der Waals surface area contributed by atoms with Gasteiger partial charge in [0.15, 0.2) is 0 Å². The fraction of sp³-hybridized carbons (Fsp3) is 0.444. The normalized spacial score (nSPS) is 17.2. The molecule has 1 saturated heterocycles. The van der Waals surface area contributed by atoms with Crippen LogP contribution in [0.5, 0.6) is 0 Å². The van der Waals surface area contributed by atoms with Crippen LogP contribution in [0.4, 0.5) is 5.13 Å². The minimum absolute atomic E-state index is 0.0159. The second-order valence-corrected chi connectivity index (χ2v) is 8.39. The van der Waals surface area contributed by atoms with Crippen LogP contribution in [-0.4, -0.2) is 33.5 Å². The number of rotatable bonds is 6. The molecule has 1 aromatic carbocycles. The van der Waals surface area contributed by atoms with Gasteiger partial charge in [-0.25, -0.2) is 0 Å². The Morgan fingerprint density at radius 1 is 1.35 bits per heavy atom. The molecule has 0 aliphatic carbocycles. The highest BCUT2D eigenvalue weighted by Crippen LogP contribution is 2.24. The predicted octanol–water partition coefficient (Wildman–Crippen LogP) is 3.38. The Kier molecular flexibility index (Phi) is 5.88. The number of carbonyl (C=O) groups excluding carboxylic acids is 2. The molecule has 3 rings (SSSR count). The Morgan fingerprint density at radius 2 is 2.08 bits per heavy atom. The third kappa shape index (κ3) is 4.80. The van der Waals surface area contributed by atoms with Crippen LogP contribution in [0.25, 0.3) is 0 Å². The molecule has 8 heteroatoms. The summed E-state index contributed by atoms with van der Waals surface area (Å²) in [7, 11) is 0. The van der Waals surface area contributed by atoms with E-state index >= 15 is 0 Å². The van der Waals surface area contributed by atoms with Crippen LogP contribution in [0, 0.1) is 11.8 Å². The zero-order valence-electron chi connectivity index (χ0n) is 14.7. The van der Waals surface area contributed by atoms with E-state index in [2.05, 4.69) is 29.4 Å². The van der Waals surface area contributed by atoms with Crippen molar-refractivity contribution >= 4 is 39.9 Å². The van der Waals surface area contributed by atoms with Crippen molar-refractivity contribution in [2.75, 3.05) is 11.9 Å². The van der Waals surface area contributed by atoms with Crippen molar-refractivity contribution in [2.45, 2.75) is 33.2 Å². The molecule has 26 heavy (non-hydrogen) atoms. The minimum Gasteiger partial charge on any atom is -0.338 e. The van der Waals surface area contributed by atoms with Gasteiger partial charge in [-0.15, -0.1) is 10.2 Å². The van der Waals surface area contributed by atoms with Crippen LogP contribution in [-0.2, 0) is 22.6 Å². The van der Waals surface area contributed by atoms with Gasteiger partial charge in [-0.2, -0.15) is 0 Å². The number of halogens is 1. The number of nitrogens with zero attached hydrogens (tertiary/aromatic N) is 3. The first kappa shape index (κ1) is 18.8. The average Bonchev–Trinajstić information content (AvgIpc) is 3.16. The van der Waals surface area contributed by atoms with E-state index in [-0.39, 0.29) is 24.2 Å². The van der Waals surface area contributed by atoms with Crippen molar-refractivity contribution in [3.05, 3.63) is 39.9 Å². The molecule has 1 N–H and O–H groups in total. The molecule has 0 radical (unpaired) electrons. The summed E-state index contributed by atoms with van der Waals surface area (Å²) in [5, 5.41) is 13.0. The van der Waals surface area contributed by atoms with Crippen LogP contribution in [0.15, 0.2) is 24.3 Å². The monoisotopic (exact) mass is 392 g/mol. The topological polar surface area (TPSA) is 75.2 Å². The largest absolute Gasteiger partial charge is 0.338 e. The second kappa shape index (κ2) is 8.14. The van der Waals surface area contributed by atoms with Gasteiger partial charge in [-0.1, -0.05) is 48.9 Å². The maximum atomic E-state index is 12.5. The number of anilines is 1. The zero-order valence-corrected chi connectivity index (χ0v) is 16.3. The van der Waals surface area contributed by atoms with E-state index in [0.717, 1.165) is 17.0 Å². The molecule has 1 aliphatic rings. The van der Waals surface area contributed by atoms with E-state index < -0.39 is 0 Å². The SMILES string of the molecule is CC(C)Cc1nnc(NC(=O)C2CC(=O)N(Cc3ccc(Cl)cc3)C2)s1. The molecule has 1 atom stereocenters. The predicted molar refractivity (Wildman–Crippen MR) is 102 cm³/mol. The third-order valence-corrected chi connectivity index (χ3v) is 5.26. The van der Waals surface area contributed by atoms with Crippen molar-refractivity contribution < 1.29 is 9.59 Å². The summed E-state index contributed by atoms with van der Waals surface area (Å²) in [6, 6.07) is 7.37. The molecule has 6 nitrogen and oxygen atoms in total. The molecule has 2 amide bonds. The number of aromatic nitrogens is 2. The summed E-state index contributed by atoms with van der Waals surface area (Å²) in [6.45, 7) is 5.11. The Labute approximate surface area is 161 Å². The second-order valence-electron chi connectivity index (χ2n) is 6.89. The quantitative estimate of drug-likeness (QED) is 0.817. The molecule has 1 unspecified atom stereocenters. The molecule has 0 bridgehead atoms. The van der Waals surface area contributed by atoms with Gasteiger partial charge in [0.25, 0.3) is 0 Å². The Balaban J connectivity index is 1.56. The Morgan fingerprint density at radius 3 is 2.77 bits per heavy atom. The Hall–Kier alpha value is -1.99. The van der Waals surface area contributed by atoms with Crippen LogP contribution < -0.4 is 5.32 Å². The summed E-state index contributed by atoms with van der Waals surface area (Å²) in [4.78, 5) is 26.4. The molecular weight excluding hydrogens is 372 g/mol. The Bertz CT molecular complexity index is 791. The molecule has 138 valence electrons. The highest BCUT2D eigenvalue weighted by molar-refractivity contribution is 7.15. The van der Waals surface area contributed by atoms with Crippen molar-refractivity contribution in [2.24, 2.45) is 11.8 Å². The van der Waals surface area contributed by atoms with Gasteiger partial charge in [0.05, 0.1) is 5.92 Å². The maximum Gasteiger partial charge on any atom is 0.231 e. The van der Waals surface area contributed by atoms with Crippen LogP contribution in [0.1, 0.15) is 30.8 Å². The smallest absolute Gasteiger partial charge is 0.231 e. The molecule has 1 aliphatic heterocycles. The van der Waals surface area contributed by atoms with Crippen LogP contribution in [0.3, 0.4) is 0 Å². The number of likely N-dealkylation sites (tertiary alicyclic amines) is 1. The molecular formula is C18H21ClN4O2S. The van der Waals surface area contributed by atoms with Gasteiger partial charge in [0.1, 0.15) is 5.01 Å². The van der Waals surface area contributed by atoms with Gasteiger partial charge in [0, 0.05) is 31.0 Å². The number of amides is 2. The lowest BCUT2D eigenvalue weighted by Crippen LogP contribution is -2.28. The van der Waals surface area contributed by atoms with E-state index in [4.69, 9.17) is 11.6 Å². The molecule has 1 aromatic heterocycles. The van der Waals surface area contributed by atoms with Gasteiger partial charge >= 0.3 is 0 Å². The molecule has 0 spiro atoms. The summed E-state index contributed by atoms with van der Waals surface area (Å²) in [6.07, 6.45) is 1.06. The lowest BCUT2D eigenvalue weighted by atomic mass is 10.1. The van der Waals surface area contributed by atoms with Gasteiger partial charge in [-0.3, -0.25) is 9.59 Å². The summed E-state index contributed by atoms with van der Waals surface area (Å²) < 4.78 is 0. The van der Waals surface area contributed by atoms with E-state index in [1.807, 2.05) is 12.1 Å². The average molecular weight is 393 g/mol. The number of hydrogen-bond acceptors (Lipinski definition) is 5. The minimum atomic E-state index is -0.368. The fourth-order valence-corrected chi connectivity index (χ4v) is 3.93. The standard InChI is InChI=1S/C18H21ClN4O2S/c1-11(2)7-15-21-22-18(26-15)20-17(25)13-8-16(24)23(10-13)9-12-3-5-14(19)6-4-12/h3-6,11,13H,7-10H2,1-2H3,(H,20,22,25). The summed E-state index contributed by atoms with van der Waals surface area (Å²) >= 11 is 7.27. The van der Waals surface area contributed by atoms with Crippen molar-refractivity contribution in [3.8, 4) is 0 Å². The maximum absolute atomic E-state index is 12.5. The summed E-state index contributed by atoms with van der Waals surface area (Å²) in [5.74, 6) is -0.0744. The van der Waals surface area contributed by atoms with E-state index in [1.165, 1.54) is 11.3 Å². The molecule has 0 saturated carbocycles. The number of carbonyl (C=O) groups is 2. The van der Waals surface area contributed by atoms with Crippen molar-refractivity contribution in [3.63, 3.8) is 0 Å². The molecule has 1 fully saturated rings. The fourth-order valence-electron chi connectivity index (χ4n) is 2.85. The summed E-state index contributed by atoms with van der Waals surface area (Å²) in [5.41, 5.74) is 0.992. The van der Waals surface area contributed by atoms with E-state index in [1.54, 1.807) is 17.0 Å². The number of hydrogen-bond donors (Lipinski definition) is 1. The molecule has 2 aromatic rings. The first-order valence-corrected chi connectivity index (χ1v) is 9.75. The van der Waals surface area contributed by atoms with Crippen LogP contribution in [0.2, 0.25) is 5.02 Å². The van der Waals surface area contributed by atoms with Gasteiger partial charge < -0.3 is 10.2 Å². The zero-order chi connectivity index (χ0) is 18.7. The lowest BCUT2D eigenvalue weighted by Gasteiger charge is -2.16. The van der Waals surface area contributed by atoms with Crippen molar-refractivity contribution in [1.82, 2.24) is 15.1 Å². The first-order chi connectivity index (χ1) is 12.4. The number of benzene rings is 1. The van der Waals surface area contributed by atoms with Crippen LogP contribution >= 0.6 is 22.9 Å². The van der Waals surface area contributed by atoms with Gasteiger partial charge in [0.2, 0.25) is 16.9 Å².